The zero-order chi connectivity index (χ0) is 11.8. The average molecular weight is 241 g/mol. The normalized spacial score (nSPS) is 35.6. The first-order valence-corrected chi connectivity index (χ1v) is 10.5. The molecule has 1 saturated heterocycles. The molecular weight excluding hydrogens is 214 g/mol. The lowest BCUT2D eigenvalue weighted by molar-refractivity contribution is 0.0709. The first kappa shape index (κ1) is 12.6. The van der Waals surface area contributed by atoms with Gasteiger partial charge in [0.05, 0.1) is 6.10 Å². The number of rotatable bonds is 5. The molecule has 0 amide bonds. The van der Waals surface area contributed by atoms with Crippen LogP contribution in [0.3, 0.4) is 0 Å². The summed E-state index contributed by atoms with van der Waals surface area (Å²) in [5.74, 6) is 0. The van der Waals surface area contributed by atoms with Gasteiger partial charge in [-0.3, -0.25) is 0 Å². The molecule has 0 aromatic rings. The highest BCUT2D eigenvalue weighted by Gasteiger charge is 2.44. The Morgan fingerprint density at radius 2 is 2.00 bits per heavy atom. The molecule has 94 valence electrons. The Morgan fingerprint density at radius 1 is 1.31 bits per heavy atom. The van der Waals surface area contributed by atoms with Crippen molar-refractivity contribution in [2.24, 2.45) is 5.41 Å². The molecule has 3 heteroatoms. The summed E-state index contributed by atoms with van der Waals surface area (Å²) in [6.07, 6.45) is 4.49. The lowest BCUT2D eigenvalue weighted by atomic mass is 9.83. The van der Waals surface area contributed by atoms with Crippen LogP contribution in [0.25, 0.3) is 0 Å². The zero-order valence-electron chi connectivity index (χ0n) is 11.3. The third-order valence-corrected chi connectivity index (χ3v) is 5.80. The fourth-order valence-corrected chi connectivity index (χ4v) is 5.74. The molecule has 1 aliphatic carbocycles. The summed E-state index contributed by atoms with van der Waals surface area (Å²) in [5.41, 5.74) is 0.438. The van der Waals surface area contributed by atoms with E-state index in [1.54, 1.807) is 0 Å². The number of hydrogen-bond donors (Lipinski definition) is 1. The van der Waals surface area contributed by atoms with Crippen LogP contribution >= 0.6 is 0 Å². The predicted molar refractivity (Wildman–Crippen MR) is 71.6 cm³/mol. The molecule has 1 saturated carbocycles. The van der Waals surface area contributed by atoms with Gasteiger partial charge in [-0.2, -0.15) is 0 Å². The van der Waals surface area contributed by atoms with Gasteiger partial charge in [0.25, 0.3) is 0 Å². The van der Waals surface area contributed by atoms with E-state index >= 15 is 0 Å². The Kier molecular flexibility index (Phi) is 3.48. The van der Waals surface area contributed by atoms with E-state index in [9.17, 15) is 0 Å². The first-order valence-electron chi connectivity index (χ1n) is 6.76. The van der Waals surface area contributed by atoms with E-state index in [4.69, 9.17) is 4.74 Å². The van der Waals surface area contributed by atoms with Crippen molar-refractivity contribution in [3.05, 3.63) is 0 Å². The summed E-state index contributed by atoms with van der Waals surface area (Å²) >= 11 is 0. The van der Waals surface area contributed by atoms with Crippen molar-refractivity contribution in [1.29, 1.82) is 0 Å². The lowest BCUT2D eigenvalue weighted by Crippen LogP contribution is -2.45. The van der Waals surface area contributed by atoms with Crippen molar-refractivity contribution < 1.29 is 4.74 Å². The SMILES string of the molecule is CC1OCCC1(CNC1CC1)C[Si](C)(C)C. The Morgan fingerprint density at radius 3 is 2.44 bits per heavy atom. The monoisotopic (exact) mass is 241 g/mol. The van der Waals surface area contributed by atoms with Crippen molar-refractivity contribution in [2.75, 3.05) is 13.2 Å². The fraction of sp³-hybridized carbons (Fsp3) is 1.00. The second-order valence-electron chi connectivity index (χ2n) is 7.02. The summed E-state index contributed by atoms with van der Waals surface area (Å²) in [4.78, 5) is 0. The highest BCUT2D eigenvalue weighted by molar-refractivity contribution is 6.76. The van der Waals surface area contributed by atoms with E-state index in [1.165, 1.54) is 31.9 Å². The molecule has 1 heterocycles. The molecule has 2 fully saturated rings. The van der Waals surface area contributed by atoms with Gasteiger partial charge >= 0.3 is 0 Å². The quantitative estimate of drug-likeness (QED) is 0.747. The smallest absolute Gasteiger partial charge is 0.0613 e. The largest absolute Gasteiger partial charge is 0.378 e. The van der Waals surface area contributed by atoms with Crippen LogP contribution in [0.2, 0.25) is 25.7 Å². The third-order valence-electron chi connectivity index (χ3n) is 4.03. The van der Waals surface area contributed by atoms with Crippen LogP contribution in [0, 0.1) is 5.41 Å². The standard InChI is InChI=1S/C13H27NOSi/c1-11-13(7-8-15-11,10-16(2,3)4)9-14-12-5-6-12/h11-12,14H,5-10H2,1-4H3. The van der Waals surface area contributed by atoms with Crippen LogP contribution in [0.4, 0.5) is 0 Å². The maximum atomic E-state index is 5.85. The van der Waals surface area contributed by atoms with Crippen LogP contribution in [-0.4, -0.2) is 33.4 Å². The van der Waals surface area contributed by atoms with E-state index in [0.29, 0.717) is 11.5 Å². The van der Waals surface area contributed by atoms with Gasteiger partial charge in [0.15, 0.2) is 0 Å². The number of nitrogens with one attached hydrogen (secondary N) is 1. The Bertz CT molecular complexity index is 247. The minimum atomic E-state index is -1.01. The summed E-state index contributed by atoms with van der Waals surface area (Å²) in [6.45, 7) is 11.9. The van der Waals surface area contributed by atoms with Crippen molar-refractivity contribution in [1.82, 2.24) is 5.32 Å². The van der Waals surface area contributed by atoms with E-state index in [-0.39, 0.29) is 0 Å². The second kappa shape index (κ2) is 4.43. The maximum absolute atomic E-state index is 5.85. The van der Waals surface area contributed by atoms with Gasteiger partial charge in [0, 0.05) is 32.7 Å². The van der Waals surface area contributed by atoms with Gasteiger partial charge in [-0.1, -0.05) is 19.6 Å². The summed E-state index contributed by atoms with van der Waals surface area (Å²) < 4.78 is 5.85. The topological polar surface area (TPSA) is 21.3 Å². The molecule has 0 aromatic heterocycles. The molecule has 1 aliphatic heterocycles. The molecule has 2 rings (SSSR count). The molecule has 0 radical (unpaired) electrons. The molecular formula is C13H27NOSi. The number of ether oxygens (including phenoxy) is 1. The van der Waals surface area contributed by atoms with Crippen molar-refractivity contribution in [2.45, 2.75) is 64.0 Å². The highest BCUT2D eigenvalue weighted by atomic mass is 28.3. The minimum Gasteiger partial charge on any atom is -0.378 e. The van der Waals surface area contributed by atoms with Gasteiger partial charge < -0.3 is 10.1 Å². The van der Waals surface area contributed by atoms with E-state index in [0.717, 1.165) is 12.6 Å². The van der Waals surface area contributed by atoms with Gasteiger partial charge in [0.1, 0.15) is 0 Å². The van der Waals surface area contributed by atoms with Crippen molar-refractivity contribution >= 4 is 8.07 Å². The summed E-state index contributed by atoms with van der Waals surface area (Å²) in [6, 6.07) is 2.23. The molecule has 0 bridgehead atoms. The van der Waals surface area contributed by atoms with Gasteiger partial charge in [-0.15, -0.1) is 0 Å². The van der Waals surface area contributed by atoms with E-state index < -0.39 is 8.07 Å². The maximum Gasteiger partial charge on any atom is 0.0613 e. The molecule has 2 atom stereocenters. The molecule has 0 aromatic carbocycles. The van der Waals surface area contributed by atoms with Crippen LogP contribution in [0.15, 0.2) is 0 Å². The minimum absolute atomic E-state index is 0.438. The van der Waals surface area contributed by atoms with E-state index in [1.807, 2.05) is 0 Å². The fourth-order valence-electron chi connectivity index (χ4n) is 3.04. The Hall–Kier alpha value is 0.137. The highest BCUT2D eigenvalue weighted by Crippen LogP contribution is 2.42. The zero-order valence-corrected chi connectivity index (χ0v) is 12.3. The predicted octanol–water partition coefficient (Wildman–Crippen LogP) is 2.87. The molecule has 1 N–H and O–H groups in total. The lowest BCUT2D eigenvalue weighted by Gasteiger charge is -2.37. The van der Waals surface area contributed by atoms with Crippen LogP contribution in [-0.2, 0) is 4.74 Å². The van der Waals surface area contributed by atoms with Gasteiger partial charge in [0.2, 0.25) is 0 Å². The summed E-state index contributed by atoms with van der Waals surface area (Å²) in [5, 5.41) is 3.73. The molecule has 2 unspecified atom stereocenters. The van der Waals surface area contributed by atoms with Crippen molar-refractivity contribution in [3.63, 3.8) is 0 Å². The van der Waals surface area contributed by atoms with Crippen LogP contribution < -0.4 is 5.32 Å². The first-order chi connectivity index (χ1) is 7.41. The summed E-state index contributed by atoms with van der Waals surface area (Å²) in [7, 11) is -1.01. The Labute approximate surface area is 101 Å². The van der Waals surface area contributed by atoms with E-state index in [2.05, 4.69) is 31.9 Å². The number of hydrogen-bond acceptors (Lipinski definition) is 2. The van der Waals surface area contributed by atoms with Crippen molar-refractivity contribution in [3.8, 4) is 0 Å². The molecule has 16 heavy (non-hydrogen) atoms. The molecule has 0 spiro atoms. The third kappa shape index (κ3) is 3.08. The van der Waals surface area contributed by atoms with Gasteiger partial charge in [-0.05, 0) is 32.2 Å². The molecule has 2 nitrogen and oxygen atoms in total. The molecule has 2 aliphatic rings. The van der Waals surface area contributed by atoms with Crippen LogP contribution in [0.1, 0.15) is 26.2 Å². The Balaban J connectivity index is 1.98. The van der Waals surface area contributed by atoms with Crippen LogP contribution in [0.5, 0.6) is 0 Å². The van der Waals surface area contributed by atoms with Gasteiger partial charge in [-0.25, -0.2) is 0 Å². The second-order valence-corrected chi connectivity index (χ2v) is 12.5. The average Bonchev–Trinajstić information content (AvgIpc) is 2.90.